The van der Waals surface area contributed by atoms with Crippen LogP contribution in [-0.2, 0) is 0 Å². The molecule has 31 heavy (non-hydrogen) atoms. The van der Waals surface area contributed by atoms with Crippen molar-refractivity contribution in [1.29, 1.82) is 0 Å². The standard InChI is InChI=1S/C23H21Cl3N4S/c1-4-5-13(2)22-28-29-23(31-22)20-14(3)30(17-9-6-15(24)7-10-17)21(27-20)18-11-8-16(25)12-19(18)26/h6-13H,4-5H2,1-3H3. The van der Waals surface area contributed by atoms with Crippen LogP contribution >= 0.6 is 46.1 Å². The first-order valence-electron chi connectivity index (χ1n) is 10.0. The largest absolute Gasteiger partial charge is 0.296 e. The molecule has 1 unspecified atom stereocenters. The summed E-state index contributed by atoms with van der Waals surface area (Å²) in [6.07, 6.45) is 2.19. The lowest BCUT2D eigenvalue weighted by molar-refractivity contribution is 0.654. The van der Waals surface area contributed by atoms with Gasteiger partial charge in [-0.2, -0.15) is 0 Å². The number of benzene rings is 2. The monoisotopic (exact) mass is 490 g/mol. The van der Waals surface area contributed by atoms with E-state index in [1.165, 1.54) is 0 Å². The molecule has 4 aromatic rings. The molecule has 0 aliphatic heterocycles. The zero-order valence-electron chi connectivity index (χ0n) is 17.4. The smallest absolute Gasteiger partial charge is 0.168 e. The molecule has 0 saturated carbocycles. The van der Waals surface area contributed by atoms with Crippen LogP contribution in [0.1, 0.15) is 43.3 Å². The average molecular weight is 492 g/mol. The molecule has 2 aromatic heterocycles. The van der Waals surface area contributed by atoms with Crippen molar-refractivity contribution in [1.82, 2.24) is 19.7 Å². The van der Waals surface area contributed by atoms with E-state index < -0.39 is 0 Å². The minimum Gasteiger partial charge on any atom is -0.296 e. The van der Waals surface area contributed by atoms with Gasteiger partial charge in [0, 0.05) is 27.2 Å². The molecule has 1 atom stereocenters. The van der Waals surface area contributed by atoms with Gasteiger partial charge in [0.25, 0.3) is 0 Å². The number of halogens is 3. The van der Waals surface area contributed by atoms with Gasteiger partial charge in [0.15, 0.2) is 5.01 Å². The lowest BCUT2D eigenvalue weighted by Crippen LogP contribution is -2.00. The maximum Gasteiger partial charge on any atom is 0.168 e. The third-order valence-electron chi connectivity index (χ3n) is 5.15. The average Bonchev–Trinajstić information content (AvgIpc) is 3.34. The molecule has 0 bridgehead atoms. The Morgan fingerprint density at radius 2 is 1.71 bits per heavy atom. The molecule has 0 saturated heterocycles. The third kappa shape index (κ3) is 4.51. The van der Waals surface area contributed by atoms with Gasteiger partial charge >= 0.3 is 0 Å². The Hall–Kier alpha value is -1.92. The molecule has 8 heteroatoms. The van der Waals surface area contributed by atoms with E-state index in [0.29, 0.717) is 21.0 Å². The highest BCUT2D eigenvalue weighted by atomic mass is 35.5. The highest BCUT2D eigenvalue weighted by Crippen LogP contribution is 2.37. The van der Waals surface area contributed by atoms with Crippen molar-refractivity contribution in [2.45, 2.75) is 39.5 Å². The molecule has 0 radical (unpaired) electrons. The van der Waals surface area contributed by atoms with Crippen LogP contribution in [0, 0.1) is 6.92 Å². The Morgan fingerprint density at radius 3 is 2.39 bits per heavy atom. The molecular formula is C23H21Cl3N4S. The van der Waals surface area contributed by atoms with Crippen LogP contribution in [0.25, 0.3) is 27.8 Å². The van der Waals surface area contributed by atoms with Crippen LogP contribution in [0.15, 0.2) is 42.5 Å². The van der Waals surface area contributed by atoms with Crippen molar-refractivity contribution < 1.29 is 0 Å². The molecule has 0 spiro atoms. The van der Waals surface area contributed by atoms with E-state index in [2.05, 4.69) is 28.6 Å². The molecule has 2 heterocycles. The number of aromatic nitrogens is 4. The van der Waals surface area contributed by atoms with Crippen molar-refractivity contribution in [3.8, 4) is 27.8 Å². The van der Waals surface area contributed by atoms with E-state index in [-0.39, 0.29) is 0 Å². The Bertz CT molecular complexity index is 1210. The maximum atomic E-state index is 6.55. The molecule has 4 nitrogen and oxygen atoms in total. The van der Waals surface area contributed by atoms with Crippen LogP contribution < -0.4 is 0 Å². The van der Waals surface area contributed by atoms with Crippen LogP contribution in [0.4, 0.5) is 0 Å². The summed E-state index contributed by atoms with van der Waals surface area (Å²) in [6, 6.07) is 13.1. The zero-order chi connectivity index (χ0) is 22.1. The summed E-state index contributed by atoms with van der Waals surface area (Å²) in [5.41, 5.74) is 3.47. The van der Waals surface area contributed by atoms with E-state index in [1.807, 2.05) is 43.3 Å². The van der Waals surface area contributed by atoms with Gasteiger partial charge in [-0.3, -0.25) is 4.57 Å². The molecule has 0 aliphatic rings. The van der Waals surface area contributed by atoms with E-state index >= 15 is 0 Å². The fourth-order valence-corrected chi connectivity index (χ4v) is 5.14. The molecular weight excluding hydrogens is 471 g/mol. The van der Waals surface area contributed by atoms with Gasteiger partial charge in [-0.15, -0.1) is 10.2 Å². The Morgan fingerprint density at radius 1 is 1.00 bits per heavy atom. The lowest BCUT2D eigenvalue weighted by Gasteiger charge is -2.11. The quantitative estimate of drug-likeness (QED) is 0.273. The second-order valence-corrected chi connectivity index (χ2v) is 9.73. The molecule has 0 N–H and O–H groups in total. The van der Waals surface area contributed by atoms with Crippen LogP contribution in [0.3, 0.4) is 0 Å². The second kappa shape index (κ2) is 9.29. The molecule has 4 rings (SSSR count). The Labute approximate surface area is 200 Å². The molecule has 0 amide bonds. The molecule has 0 fully saturated rings. The highest BCUT2D eigenvalue weighted by molar-refractivity contribution is 7.14. The summed E-state index contributed by atoms with van der Waals surface area (Å²) in [4.78, 5) is 4.97. The summed E-state index contributed by atoms with van der Waals surface area (Å²) in [7, 11) is 0. The first-order chi connectivity index (χ1) is 14.9. The van der Waals surface area contributed by atoms with E-state index in [4.69, 9.17) is 39.8 Å². The number of hydrogen-bond donors (Lipinski definition) is 0. The minimum atomic E-state index is 0.375. The Kier molecular flexibility index (Phi) is 6.68. The molecule has 2 aromatic carbocycles. The summed E-state index contributed by atoms with van der Waals surface area (Å²) >= 11 is 20.4. The van der Waals surface area contributed by atoms with E-state index in [0.717, 1.165) is 51.3 Å². The predicted octanol–water partition coefficient (Wildman–Crippen LogP) is 8.23. The Balaban J connectivity index is 1.89. The fourth-order valence-electron chi connectivity index (χ4n) is 3.55. The van der Waals surface area contributed by atoms with Crippen molar-refractivity contribution in [3.63, 3.8) is 0 Å². The number of imidazole rings is 1. The van der Waals surface area contributed by atoms with Crippen molar-refractivity contribution in [2.75, 3.05) is 0 Å². The van der Waals surface area contributed by atoms with Crippen LogP contribution in [-0.4, -0.2) is 19.7 Å². The fraction of sp³-hybridized carbons (Fsp3) is 0.261. The summed E-state index contributed by atoms with van der Waals surface area (Å²) in [5.74, 6) is 1.09. The molecule has 0 aliphatic carbocycles. The van der Waals surface area contributed by atoms with E-state index in [9.17, 15) is 0 Å². The number of rotatable bonds is 6. The van der Waals surface area contributed by atoms with E-state index in [1.54, 1.807) is 17.4 Å². The normalized spacial score (nSPS) is 12.3. The number of nitrogens with zero attached hydrogens (tertiary/aromatic N) is 4. The van der Waals surface area contributed by atoms with Gasteiger partial charge in [-0.1, -0.05) is 66.4 Å². The van der Waals surface area contributed by atoms with Crippen molar-refractivity contribution >= 4 is 46.1 Å². The molecule has 160 valence electrons. The van der Waals surface area contributed by atoms with Crippen LogP contribution in [0.5, 0.6) is 0 Å². The van der Waals surface area contributed by atoms with Gasteiger partial charge in [-0.25, -0.2) is 4.98 Å². The van der Waals surface area contributed by atoms with Crippen molar-refractivity contribution in [3.05, 3.63) is 68.2 Å². The number of hydrogen-bond acceptors (Lipinski definition) is 4. The summed E-state index contributed by atoms with van der Waals surface area (Å²) in [6.45, 7) is 6.39. The van der Waals surface area contributed by atoms with Gasteiger partial charge in [0.1, 0.15) is 16.5 Å². The first-order valence-corrected chi connectivity index (χ1v) is 12.0. The topological polar surface area (TPSA) is 43.6 Å². The summed E-state index contributed by atoms with van der Waals surface area (Å²) < 4.78 is 2.07. The van der Waals surface area contributed by atoms with Gasteiger partial charge in [0.05, 0.1) is 10.7 Å². The minimum absolute atomic E-state index is 0.375. The maximum absolute atomic E-state index is 6.55. The SMILES string of the molecule is CCCC(C)c1nnc(-c2nc(-c3ccc(Cl)cc3Cl)n(-c3ccc(Cl)cc3)c2C)s1. The predicted molar refractivity (Wildman–Crippen MR) is 131 cm³/mol. The van der Waals surface area contributed by atoms with Crippen LogP contribution in [0.2, 0.25) is 15.1 Å². The lowest BCUT2D eigenvalue weighted by atomic mass is 10.1. The zero-order valence-corrected chi connectivity index (χ0v) is 20.4. The van der Waals surface area contributed by atoms with Gasteiger partial charge < -0.3 is 0 Å². The first kappa shape index (κ1) is 22.3. The van der Waals surface area contributed by atoms with Gasteiger partial charge in [-0.05, 0) is 55.8 Å². The summed E-state index contributed by atoms with van der Waals surface area (Å²) in [5, 5.41) is 12.5. The second-order valence-electron chi connectivity index (χ2n) is 7.44. The third-order valence-corrected chi connectivity index (χ3v) is 7.11. The van der Waals surface area contributed by atoms with Crippen molar-refractivity contribution in [2.24, 2.45) is 0 Å². The highest BCUT2D eigenvalue weighted by Gasteiger charge is 2.23. The van der Waals surface area contributed by atoms with Gasteiger partial charge in [0.2, 0.25) is 0 Å².